The Balaban J connectivity index is 0.000000225. The third-order valence-electron chi connectivity index (χ3n) is 21.5. The van der Waals surface area contributed by atoms with Crippen molar-refractivity contribution in [1.82, 2.24) is 19.9 Å². The van der Waals surface area contributed by atoms with Gasteiger partial charge >= 0.3 is 62.2 Å². The van der Waals surface area contributed by atoms with Gasteiger partial charge in [-0.25, -0.2) is 0 Å². The van der Waals surface area contributed by atoms with Gasteiger partial charge in [0, 0.05) is 117 Å². The second-order valence-corrected chi connectivity index (χ2v) is 32.4. The fraction of sp³-hybridized carbons (Fsp3) is 0.265. The molecule has 14 aromatic rings. The quantitative estimate of drug-likeness (QED) is 0.103. The number of hydrogen-bond donors (Lipinski definition) is 0. The van der Waals surface area contributed by atoms with Crippen molar-refractivity contribution >= 4 is 130 Å². The van der Waals surface area contributed by atoms with Crippen LogP contribution in [0.1, 0.15) is 150 Å². The molecule has 0 amide bonds. The van der Waals surface area contributed by atoms with E-state index in [4.69, 9.17) is 58.9 Å². The number of nitrogens with zero attached hydrogens (tertiary/aromatic N) is 8. The molecular weight excluding hydrogens is 1930 g/mol. The Labute approximate surface area is 740 Å². The smallest absolute Gasteiger partial charge is 2.00 e. The molecule has 4 fully saturated rings. The number of ether oxygens (including phenoxy) is 4. The summed E-state index contributed by atoms with van der Waals surface area (Å²) >= 11 is 0. The zero-order chi connectivity index (χ0) is 78.6. The molecule has 0 aliphatic carbocycles. The van der Waals surface area contributed by atoms with E-state index >= 15 is 0 Å². The number of fused-ring (bicyclic) bond motifs is 8. The normalized spacial score (nSPS) is 14.8. The summed E-state index contributed by atoms with van der Waals surface area (Å²) in [4.78, 5) is 64.9. The van der Waals surface area contributed by atoms with E-state index in [-0.39, 0.29) is 78.5 Å². The molecule has 590 valence electrons. The van der Waals surface area contributed by atoms with E-state index in [0.717, 1.165) is 211 Å². The van der Waals surface area contributed by atoms with Crippen LogP contribution in [0.2, 0.25) is 0 Å². The molecule has 117 heavy (non-hydrogen) atoms. The van der Waals surface area contributed by atoms with Gasteiger partial charge in [-0.2, -0.15) is 22.8 Å². The van der Waals surface area contributed by atoms with Crippen LogP contribution in [-0.2, 0) is 35.3 Å². The second kappa shape index (κ2) is 46.6. The average Bonchev–Trinajstić information content (AvgIpc) is 1.78. The van der Waals surface area contributed by atoms with Crippen molar-refractivity contribution in [2.75, 3.05) is 52.9 Å². The minimum atomic E-state index is -1.79. The molecule has 4 saturated heterocycles. The van der Waals surface area contributed by atoms with Crippen LogP contribution >= 0.6 is 0 Å². The molecule has 15 nitrogen and oxygen atoms in total. The van der Waals surface area contributed by atoms with Crippen LogP contribution < -0.4 is 50.3 Å². The Bertz CT molecular complexity index is 4750. The zero-order valence-electron chi connectivity index (χ0n) is 67.3. The third-order valence-corrected chi connectivity index (χ3v) is 24.9. The third kappa shape index (κ3) is 23.9. The summed E-state index contributed by atoms with van der Waals surface area (Å²) in [6.07, 6.45) is 21.1. The minimum absolute atomic E-state index is 0. The largest absolute Gasteiger partial charge is 4.00 e. The summed E-state index contributed by atoms with van der Waals surface area (Å²) in [7, 11) is -3.59. The van der Waals surface area contributed by atoms with Crippen LogP contribution in [-0.4, -0.2) is 95.8 Å². The predicted octanol–water partition coefficient (Wildman–Crippen LogP) is 17.0. The molecule has 0 unspecified atom stereocenters. The molecule has 12 bridgehead atoms. The standard InChI is InChI=1S/C58H48N8.2C12H10OSi.4C4H8O.O.2U/c1-5-57(6-2)53-25-21-41(63-53)33-59-49-17-9-13-37-29-39-15-11-19-51(47(39)31-45(37)49)61-35-43-23-27-55(65-43)58(7-3,8-4)56-28-24-44(66-56)36-62-52-20-12-16-40-30-38-14-10-18-50(46(38)32-48(40)52)60-34-42-22-26-54(57)64-42;2*13-14(11-7-3-1-4-8-11)12-9-5-2-6-10-12;4*1-2-4-5-3-1;;;/h9-36H,5-8H2,1-4H3;2*1-10H;4*1-4H2;;;/q-4;2*-1;;;;;-2;2*+4. The van der Waals surface area contributed by atoms with E-state index in [1.807, 2.05) is 146 Å². The summed E-state index contributed by atoms with van der Waals surface area (Å²) in [6, 6.07) is 89.0. The average molecular weight is 2030 g/mol. The summed E-state index contributed by atoms with van der Waals surface area (Å²) in [6.45, 7) is 16.9. The zero-order valence-corrected chi connectivity index (χ0v) is 77.6. The maximum absolute atomic E-state index is 12.0. The second-order valence-electron chi connectivity index (χ2n) is 28.7. The Hall–Kier alpha value is -8.70. The Kier molecular flexibility index (Phi) is 36.1. The van der Waals surface area contributed by atoms with Gasteiger partial charge in [-0.15, -0.1) is 22.8 Å². The summed E-state index contributed by atoms with van der Waals surface area (Å²) in [5.41, 5.74) is 9.94. The Morgan fingerprint density at radius 3 is 0.684 bits per heavy atom. The van der Waals surface area contributed by atoms with Crippen molar-refractivity contribution in [3.63, 3.8) is 0 Å². The monoisotopic (exact) mass is 2030 g/mol. The first kappa shape index (κ1) is 90.6. The van der Waals surface area contributed by atoms with Crippen molar-refractivity contribution in [3.05, 3.63) is 312 Å². The number of benzene rings is 10. The van der Waals surface area contributed by atoms with Gasteiger partial charge in [0.25, 0.3) is 0 Å². The fourth-order valence-corrected chi connectivity index (χ4v) is 17.5. The molecule has 19 rings (SSSR count). The first-order valence-corrected chi connectivity index (χ1v) is 43.2. The van der Waals surface area contributed by atoms with Gasteiger partial charge in [0.1, 0.15) is 0 Å². The maximum atomic E-state index is 12.0. The van der Waals surface area contributed by atoms with Crippen molar-refractivity contribution < 1.29 is 96.2 Å². The van der Waals surface area contributed by atoms with E-state index in [1.165, 1.54) is 51.4 Å². The molecule has 5 aliphatic rings. The van der Waals surface area contributed by atoms with Gasteiger partial charge in [0.15, 0.2) is 0 Å². The van der Waals surface area contributed by atoms with Crippen LogP contribution in [0.3, 0.4) is 0 Å². The van der Waals surface area contributed by atoms with Crippen LogP contribution in [0.25, 0.3) is 43.1 Å². The van der Waals surface area contributed by atoms with E-state index in [9.17, 15) is 9.59 Å². The van der Waals surface area contributed by atoms with Gasteiger partial charge in [-0.3, -0.25) is 20.0 Å². The van der Waals surface area contributed by atoms with Gasteiger partial charge in [-0.1, -0.05) is 267 Å². The predicted molar refractivity (Wildman–Crippen MR) is 470 cm³/mol. The molecule has 4 aromatic heterocycles. The van der Waals surface area contributed by atoms with Crippen molar-refractivity contribution in [3.8, 4) is 0 Å². The van der Waals surface area contributed by atoms with E-state index in [0.29, 0.717) is 0 Å². The number of aromatic nitrogens is 4. The molecule has 5 aliphatic heterocycles. The SMILES string of the molecule is C1CCOC1.C1CCOC1.C1CCOC1.C1CCOC1.CCC1(CC)c2ccc([n-]2)C=Nc2cccc3cc4cccc(c4cc23)N=Cc2ccc([n-]2)C(CC)(CC)c2ccc([n-]2)C=Nc2cccc3cc4cccc(c4cc23)N=Cc2ccc1[n-]2.[O-2].[O-][Si](c1ccccc1)c1ccccc1.[O-][Si](c1ccccc1)c1ccccc1.[U+4].[U+4]. The molecule has 0 saturated carbocycles. The van der Waals surface area contributed by atoms with Gasteiger partial charge < -0.3 is 54.0 Å². The van der Waals surface area contributed by atoms with Gasteiger partial charge in [-0.05, 0) is 158 Å². The van der Waals surface area contributed by atoms with Gasteiger partial charge in [0.2, 0.25) is 0 Å². The molecule has 10 aromatic carbocycles. The Morgan fingerprint density at radius 1 is 0.282 bits per heavy atom. The number of aliphatic imine (C=N–C) groups is 4. The molecule has 2 radical (unpaired) electrons. The number of hydrogen-bond acceptors (Lipinski definition) is 10. The molecule has 9 heterocycles. The van der Waals surface area contributed by atoms with Crippen LogP contribution in [0, 0.1) is 62.2 Å². The van der Waals surface area contributed by atoms with Crippen molar-refractivity contribution in [1.29, 1.82) is 0 Å². The van der Waals surface area contributed by atoms with Crippen LogP contribution in [0.15, 0.2) is 287 Å². The molecule has 0 atom stereocenters. The van der Waals surface area contributed by atoms with Crippen molar-refractivity contribution in [2.24, 2.45) is 20.0 Å². The first-order valence-electron chi connectivity index (χ1n) is 40.4. The molecular formula is C98H100N8O7Si2U2. The summed E-state index contributed by atoms with van der Waals surface area (Å²) in [5.74, 6) is 0. The van der Waals surface area contributed by atoms with E-state index in [1.54, 1.807) is 0 Å². The molecule has 0 N–H and O–H groups in total. The van der Waals surface area contributed by atoms with E-state index < -0.39 is 18.1 Å². The summed E-state index contributed by atoms with van der Waals surface area (Å²) < 4.78 is 19.8. The van der Waals surface area contributed by atoms with Crippen LogP contribution in [0.4, 0.5) is 22.7 Å². The van der Waals surface area contributed by atoms with Gasteiger partial charge in [0.05, 0.1) is 22.7 Å². The molecule has 19 heteroatoms. The number of rotatable bonds is 8. The Morgan fingerprint density at radius 2 is 0.496 bits per heavy atom. The maximum Gasteiger partial charge on any atom is 4.00 e. The summed E-state index contributed by atoms with van der Waals surface area (Å²) in [5, 5.41) is 12.3. The fourth-order valence-electron chi connectivity index (χ4n) is 14.8. The van der Waals surface area contributed by atoms with Crippen molar-refractivity contribution in [2.45, 2.75) is 116 Å². The minimum Gasteiger partial charge on any atom is -2.00 e. The first-order chi connectivity index (χ1) is 56.1. The van der Waals surface area contributed by atoms with E-state index in [2.05, 4.69) is 173 Å². The van der Waals surface area contributed by atoms with Crippen LogP contribution in [0.5, 0.6) is 0 Å². The molecule has 0 spiro atoms. The topological polar surface area (TPSA) is 217 Å².